The van der Waals surface area contributed by atoms with E-state index >= 15 is 0 Å². The van der Waals surface area contributed by atoms with Crippen LogP contribution in [0.3, 0.4) is 0 Å². The maximum atomic E-state index is 13.2. The first-order chi connectivity index (χ1) is 12.5. The van der Waals surface area contributed by atoms with Gasteiger partial charge in [0.15, 0.2) is 19.7 Å². The van der Waals surface area contributed by atoms with Crippen LogP contribution in [0.1, 0.15) is 11.3 Å². The molecule has 2 heterocycles. The van der Waals surface area contributed by atoms with Crippen molar-refractivity contribution in [2.24, 2.45) is 0 Å². The summed E-state index contributed by atoms with van der Waals surface area (Å²) in [6.45, 7) is 0.0774. The number of rotatable bonds is 6. The van der Waals surface area contributed by atoms with Crippen molar-refractivity contribution in [3.05, 3.63) is 46.7 Å². The summed E-state index contributed by atoms with van der Waals surface area (Å²) in [5, 5.41) is 1.83. The molecule has 0 aliphatic carbocycles. The third-order valence-electron chi connectivity index (χ3n) is 4.37. The Morgan fingerprint density at radius 2 is 1.70 bits per heavy atom. The van der Waals surface area contributed by atoms with Crippen LogP contribution in [0.4, 0.5) is 0 Å². The minimum Gasteiger partial charge on any atom is -0.229 e. The normalized spacial score (nSPS) is 20.1. The van der Waals surface area contributed by atoms with Gasteiger partial charge in [0.1, 0.15) is 0 Å². The van der Waals surface area contributed by atoms with Gasteiger partial charge in [0, 0.05) is 23.7 Å². The van der Waals surface area contributed by atoms with Crippen LogP contribution < -0.4 is 0 Å². The number of sulfone groups is 2. The monoisotopic (exact) mass is 449 g/mol. The minimum atomic E-state index is -3.99. The molecule has 1 aliphatic heterocycles. The summed E-state index contributed by atoms with van der Waals surface area (Å²) in [5.41, 5.74) is 0. The summed E-state index contributed by atoms with van der Waals surface area (Å²) >= 11 is 1.39. The highest BCUT2D eigenvalue weighted by Gasteiger charge is 2.39. The van der Waals surface area contributed by atoms with E-state index in [4.69, 9.17) is 0 Å². The topological polar surface area (TPSA) is 106 Å². The number of sulfonamides is 1. The zero-order chi connectivity index (χ0) is 19.9. The Labute approximate surface area is 163 Å². The van der Waals surface area contributed by atoms with Crippen LogP contribution in [0.2, 0.25) is 0 Å². The van der Waals surface area contributed by atoms with Crippen molar-refractivity contribution in [3.8, 4) is 0 Å². The molecule has 0 amide bonds. The van der Waals surface area contributed by atoms with Gasteiger partial charge in [0.2, 0.25) is 10.0 Å². The van der Waals surface area contributed by atoms with Gasteiger partial charge < -0.3 is 0 Å². The maximum absolute atomic E-state index is 13.2. The van der Waals surface area contributed by atoms with Crippen LogP contribution in [-0.4, -0.2) is 53.4 Å². The number of thiophene rings is 1. The largest absolute Gasteiger partial charge is 0.243 e. The number of hydrogen-bond acceptors (Lipinski definition) is 7. The summed E-state index contributed by atoms with van der Waals surface area (Å²) < 4.78 is 74.6. The number of nitrogens with zero attached hydrogens (tertiary/aromatic N) is 1. The Kier molecular flexibility index (Phi) is 5.52. The van der Waals surface area contributed by atoms with Crippen LogP contribution in [0, 0.1) is 0 Å². The molecule has 0 spiro atoms. The molecule has 148 valence electrons. The van der Waals surface area contributed by atoms with Gasteiger partial charge in [-0.3, -0.25) is 0 Å². The molecule has 0 saturated carbocycles. The van der Waals surface area contributed by atoms with Gasteiger partial charge in [-0.2, -0.15) is 4.31 Å². The van der Waals surface area contributed by atoms with E-state index in [-0.39, 0.29) is 34.3 Å². The second-order valence-corrected chi connectivity index (χ2v) is 13.6. The molecule has 1 aromatic heterocycles. The van der Waals surface area contributed by atoms with E-state index in [1.165, 1.54) is 39.9 Å². The fourth-order valence-corrected chi connectivity index (χ4v) is 7.84. The lowest BCUT2D eigenvalue weighted by Crippen LogP contribution is -2.40. The van der Waals surface area contributed by atoms with Crippen LogP contribution in [0.5, 0.6) is 0 Å². The summed E-state index contributed by atoms with van der Waals surface area (Å²) in [6, 6.07) is 7.94. The standard InChI is InChI=1S/C16H19NO6S4/c1-25(18,19)15-4-6-16(7-5-15)27(22,23)17(11-14-3-2-9-24-14)13-8-10-26(20,21)12-13/h2-7,9,13H,8,10-12H2,1H3/t13-/m0/s1. The first-order valence-electron chi connectivity index (χ1n) is 8.04. The average molecular weight is 450 g/mol. The van der Waals surface area contributed by atoms with Crippen molar-refractivity contribution in [3.63, 3.8) is 0 Å². The lowest BCUT2D eigenvalue weighted by molar-refractivity contribution is 0.336. The molecule has 11 heteroatoms. The molecule has 27 heavy (non-hydrogen) atoms. The third kappa shape index (κ3) is 4.60. The van der Waals surface area contributed by atoms with Crippen LogP contribution in [-0.2, 0) is 36.2 Å². The third-order valence-corrected chi connectivity index (χ3v) is 10.0. The van der Waals surface area contributed by atoms with Crippen LogP contribution >= 0.6 is 11.3 Å². The van der Waals surface area contributed by atoms with Crippen molar-refractivity contribution in [1.29, 1.82) is 0 Å². The fraction of sp³-hybridized carbons (Fsp3) is 0.375. The molecule has 1 fully saturated rings. The highest BCUT2D eigenvalue weighted by Crippen LogP contribution is 2.28. The molecule has 0 unspecified atom stereocenters. The predicted octanol–water partition coefficient (Wildman–Crippen LogP) is 1.53. The fourth-order valence-electron chi connectivity index (χ4n) is 2.96. The van der Waals surface area contributed by atoms with E-state index in [0.29, 0.717) is 0 Å². The smallest absolute Gasteiger partial charge is 0.229 e. The zero-order valence-electron chi connectivity index (χ0n) is 14.5. The lowest BCUT2D eigenvalue weighted by Gasteiger charge is -2.27. The molecule has 1 saturated heterocycles. The van der Waals surface area contributed by atoms with Crippen LogP contribution in [0.25, 0.3) is 0 Å². The predicted molar refractivity (Wildman–Crippen MR) is 104 cm³/mol. The highest BCUT2D eigenvalue weighted by atomic mass is 32.2. The Morgan fingerprint density at radius 3 is 2.19 bits per heavy atom. The second kappa shape index (κ2) is 7.28. The Bertz CT molecular complexity index is 1120. The van der Waals surface area contributed by atoms with E-state index in [2.05, 4.69) is 0 Å². The molecule has 2 aromatic rings. The SMILES string of the molecule is CS(=O)(=O)c1ccc(S(=O)(=O)N(Cc2cccs2)[C@H]2CCS(=O)(=O)C2)cc1. The first-order valence-corrected chi connectivity index (χ1v) is 14.1. The second-order valence-electron chi connectivity index (χ2n) is 6.43. The Balaban J connectivity index is 1.99. The Morgan fingerprint density at radius 1 is 1.07 bits per heavy atom. The van der Waals surface area contributed by atoms with Gasteiger partial charge in [0.25, 0.3) is 0 Å². The van der Waals surface area contributed by atoms with Gasteiger partial charge in [-0.1, -0.05) is 6.07 Å². The lowest BCUT2D eigenvalue weighted by atomic mass is 10.2. The summed E-state index contributed by atoms with van der Waals surface area (Å²) in [6.07, 6.45) is 1.29. The van der Waals surface area contributed by atoms with Gasteiger partial charge in [-0.15, -0.1) is 11.3 Å². The molecule has 1 atom stereocenters. The highest BCUT2D eigenvalue weighted by molar-refractivity contribution is 7.92. The van der Waals surface area contributed by atoms with Crippen molar-refractivity contribution in [2.75, 3.05) is 17.8 Å². The molecule has 0 N–H and O–H groups in total. The molecule has 1 aliphatic rings. The molecule has 3 rings (SSSR count). The van der Waals surface area contributed by atoms with Gasteiger partial charge in [0.05, 0.1) is 21.3 Å². The van der Waals surface area contributed by atoms with Crippen molar-refractivity contribution < 1.29 is 25.3 Å². The molecule has 7 nitrogen and oxygen atoms in total. The number of hydrogen-bond donors (Lipinski definition) is 0. The molecule has 0 bridgehead atoms. The van der Waals surface area contributed by atoms with Gasteiger partial charge in [-0.05, 0) is 42.1 Å². The first kappa shape index (κ1) is 20.5. The summed E-state index contributed by atoms with van der Waals surface area (Å²) in [5.74, 6) is -0.250. The number of benzene rings is 1. The van der Waals surface area contributed by atoms with E-state index in [0.717, 1.165) is 11.1 Å². The Hall–Kier alpha value is -1.27. The van der Waals surface area contributed by atoms with Crippen molar-refractivity contribution in [1.82, 2.24) is 4.31 Å². The quantitative estimate of drug-likeness (QED) is 0.662. The van der Waals surface area contributed by atoms with E-state index in [9.17, 15) is 25.3 Å². The average Bonchev–Trinajstić information content (AvgIpc) is 3.21. The summed E-state index contributed by atoms with van der Waals surface area (Å²) in [7, 11) is -10.7. The van der Waals surface area contributed by atoms with Crippen molar-refractivity contribution in [2.45, 2.75) is 28.8 Å². The zero-order valence-corrected chi connectivity index (χ0v) is 17.7. The van der Waals surface area contributed by atoms with E-state index in [1.807, 2.05) is 5.38 Å². The molecular formula is C16H19NO6S4. The molecular weight excluding hydrogens is 430 g/mol. The van der Waals surface area contributed by atoms with Crippen LogP contribution in [0.15, 0.2) is 51.6 Å². The molecule has 1 aromatic carbocycles. The van der Waals surface area contributed by atoms with Gasteiger partial charge >= 0.3 is 0 Å². The van der Waals surface area contributed by atoms with Gasteiger partial charge in [-0.25, -0.2) is 25.3 Å². The summed E-state index contributed by atoms with van der Waals surface area (Å²) in [4.78, 5) is 0.765. The maximum Gasteiger partial charge on any atom is 0.243 e. The van der Waals surface area contributed by atoms with Crippen molar-refractivity contribution >= 4 is 41.0 Å². The molecule has 0 radical (unpaired) electrons. The van der Waals surface area contributed by atoms with E-state index in [1.54, 1.807) is 12.1 Å². The van der Waals surface area contributed by atoms with E-state index < -0.39 is 35.7 Å². The minimum absolute atomic E-state index is 0.0229.